The van der Waals surface area contributed by atoms with Gasteiger partial charge in [-0.05, 0) is 54.1 Å². The second-order valence-electron chi connectivity index (χ2n) is 7.02. The molecule has 2 aromatic carbocycles. The first-order valence-electron chi connectivity index (χ1n) is 10.1. The number of unbranched alkanes of at least 4 members (excludes halogenated alkanes) is 1. The molecule has 10 heteroatoms. The first-order chi connectivity index (χ1) is 15.8. The number of ether oxygens (including phenoxy) is 1. The van der Waals surface area contributed by atoms with E-state index in [4.69, 9.17) is 27.9 Å². The number of anilines is 1. The summed E-state index contributed by atoms with van der Waals surface area (Å²) in [5, 5.41) is 2.63. The summed E-state index contributed by atoms with van der Waals surface area (Å²) in [7, 11) is 0. The molecule has 3 amide bonds. The molecule has 1 fully saturated rings. The highest BCUT2D eigenvalue weighted by Gasteiger charge is 2.36. The van der Waals surface area contributed by atoms with E-state index in [9.17, 15) is 19.2 Å². The number of nitrogens with one attached hydrogen (secondary N) is 1. The van der Waals surface area contributed by atoms with Crippen molar-refractivity contribution in [2.24, 2.45) is 0 Å². The Labute approximate surface area is 205 Å². The third-order valence-corrected chi connectivity index (χ3v) is 6.15. The molecule has 1 N–H and O–H groups in total. The van der Waals surface area contributed by atoms with Gasteiger partial charge in [-0.3, -0.25) is 19.3 Å². The van der Waals surface area contributed by atoms with Crippen LogP contribution in [0.3, 0.4) is 0 Å². The zero-order valence-electron chi connectivity index (χ0n) is 17.6. The quantitative estimate of drug-likeness (QED) is 0.283. The van der Waals surface area contributed by atoms with Crippen molar-refractivity contribution in [1.82, 2.24) is 4.90 Å². The number of halogens is 2. The lowest BCUT2D eigenvalue weighted by atomic mass is 10.2. The standard InChI is InChI=1S/C23H20Cl2N2O5S/c1-2-3-10-32-22(30)16-12-15(8-9-18(16)25)26-20(28)13-27-21(29)19(33-23(27)31)11-14-6-4-5-7-17(14)24/h4-9,11-12H,2-3,10,13H2,1H3,(H,26,28)/b19-11+. The van der Waals surface area contributed by atoms with Gasteiger partial charge in [0.05, 0.1) is 22.1 Å². The van der Waals surface area contributed by atoms with Gasteiger partial charge in [0.25, 0.3) is 11.1 Å². The van der Waals surface area contributed by atoms with Crippen molar-refractivity contribution >= 4 is 69.8 Å². The minimum absolute atomic E-state index is 0.111. The monoisotopic (exact) mass is 506 g/mol. The van der Waals surface area contributed by atoms with Crippen molar-refractivity contribution in [2.75, 3.05) is 18.5 Å². The summed E-state index contributed by atoms with van der Waals surface area (Å²) < 4.78 is 5.16. The van der Waals surface area contributed by atoms with E-state index in [1.807, 2.05) is 6.92 Å². The molecule has 33 heavy (non-hydrogen) atoms. The van der Waals surface area contributed by atoms with Crippen LogP contribution in [-0.2, 0) is 14.3 Å². The lowest BCUT2D eigenvalue weighted by Gasteiger charge is -2.13. The molecule has 3 rings (SSSR count). The fourth-order valence-corrected chi connectivity index (χ4v) is 4.07. The maximum Gasteiger partial charge on any atom is 0.339 e. The van der Waals surface area contributed by atoms with E-state index in [-0.39, 0.29) is 27.8 Å². The number of esters is 1. The lowest BCUT2D eigenvalue weighted by Crippen LogP contribution is -2.36. The van der Waals surface area contributed by atoms with Crippen molar-refractivity contribution < 1.29 is 23.9 Å². The number of hydrogen-bond acceptors (Lipinski definition) is 6. The Bertz CT molecular complexity index is 1140. The van der Waals surface area contributed by atoms with Crippen LogP contribution in [0.25, 0.3) is 6.08 Å². The van der Waals surface area contributed by atoms with E-state index in [2.05, 4.69) is 5.32 Å². The Morgan fingerprint density at radius 3 is 2.61 bits per heavy atom. The average Bonchev–Trinajstić information content (AvgIpc) is 3.04. The molecule has 0 radical (unpaired) electrons. The summed E-state index contributed by atoms with van der Waals surface area (Å²) in [5.74, 6) is -1.79. The number of hydrogen-bond donors (Lipinski definition) is 1. The second-order valence-corrected chi connectivity index (χ2v) is 8.83. The summed E-state index contributed by atoms with van der Waals surface area (Å²) in [6.45, 7) is 1.76. The van der Waals surface area contributed by atoms with Crippen LogP contribution in [0.5, 0.6) is 0 Å². The van der Waals surface area contributed by atoms with Gasteiger partial charge < -0.3 is 10.1 Å². The molecule has 1 aliphatic rings. The summed E-state index contributed by atoms with van der Waals surface area (Å²) >= 11 is 12.9. The van der Waals surface area contributed by atoms with Crippen LogP contribution in [0.2, 0.25) is 10.0 Å². The zero-order chi connectivity index (χ0) is 24.0. The molecule has 0 atom stereocenters. The molecule has 1 saturated heterocycles. The van der Waals surface area contributed by atoms with Crippen molar-refractivity contribution in [1.29, 1.82) is 0 Å². The first-order valence-corrected chi connectivity index (χ1v) is 11.6. The molecule has 2 aromatic rings. The molecule has 7 nitrogen and oxygen atoms in total. The van der Waals surface area contributed by atoms with Crippen molar-refractivity contribution in [2.45, 2.75) is 19.8 Å². The Kier molecular flexibility index (Phi) is 8.55. The molecule has 1 aliphatic heterocycles. The van der Waals surface area contributed by atoms with Crippen LogP contribution in [0.15, 0.2) is 47.4 Å². The molecular formula is C23H20Cl2N2O5S. The third-order valence-electron chi connectivity index (χ3n) is 4.57. The van der Waals surface area contributed by atoms with Crippen LogP contribution in [0, 0.1) is 0 Å². The first kappa shape index (κ1) is 24.8. The number of imide groups is 1. The van der Waals surface area contributed by atoms with Gasteiger partial charge in [0, 0.05) is 10.7 Å². The number of amides is 3. The van der Waals surface area contributed by atoms with Crippen molar-refractivity contribution in [3.05, 3.63) is 68.5 Å². The highest BCUT2D eigenvalue weighted by molar-refractivity contribution is 8.18. The summed E-state index contributed by atoms with van der Waals surface area (Å²) in [6, 6.07) is 11.3. The molecule has 0 spiro atoms. The SMILES string of the molecule is CCCCOC(=O)c1cc(NC(=O)CN2C(=O)S/C(=C/c3ccccc3Cl)C2=O)ccc1Cl. The molecule has 0 unspecified atom stereocenters. The zero-order valence-corrected chi connectivity index (χ0v) is 19.9. The van der Waals surface area contributed by atoms with E-state index >= 15 is 0 Å². The number of carbonyl (C=O) groups excluding carboxylic acids is 4. The minimum atomic E-state index is -0.607. The smallest absolute Gasteiger partial charge is 0.339 e. The predicted molar refractivity (Wildman–Crippen MR) is 129 cm³/mol. The Morgan fingerprint density at radius 2 is 1.88 bits per heavy atom. The summed E-state index contributed by atoms with van der Waals surface area (Å²) in [5.41, 5.74) is 0.985. The van der Waals surface area contributed by atoms with Crippen LogP contribution in [-0.4, -0.2) is 41.1 Å². The average molecular weight is 507 g/mol. The topological polar surface area (TPSA) is 92.8 Å². The molecular weight excluding hydrogens is 487 g/mol. The van der Waals surface area contributed by atoms with Gasteiger partial charge in [0.2, 0.25) is 5.91 Å². The van der Waals surface area contributed by atoms with E-state index in [1.54, 1.807) is 24.3 Å². The van der Waals surface area contributed by atoms with Gasteiger partial charge >= 0.3 is 5.97 Å². The number of benzene rings is 2. The lowest BCUT2D eigenvalue weighted by molar-refractivity contribution is -0.127. The van der Waals surface area contributed by atoms with Crippen LogP contribution >= 0.6 is 35.0 Å². The Hall–Kier alpha value is -2.81. The van der Waals surface area contributed by atoms with Crippen LogP contribution < -0.4 is 5.32 Å². The van der Waals surface area contributed by atoms with Gasteiger partial charge in [0.1, 0.15) is 6.54 Å². The fourth-order valence-electron chi connectivity index (χ4n) is 2.86. The number of thioether (sulfide) groups is 1. The molecule has 0 aromatic heterocycles. The van der Waals surface area contributed by atoms with Gasteiger partial charge in [-0.25, -0.2) is 4.79 Å². The van der Waals surface area contributed by atoms with E-state index in [0.29, 0.717) is 10.6 Å². The maximum absolute atomic E-state index is 12.6. The second kappa shape index (κ2) is 11.4. The molecule has 0 saturated carbocycles. The normalized spacial score (nSPS) is 14.6. The van der Waals surface area contributed by atoms with Crippen LogP contribution in [0.1, 0.15) is 35.7 Å². The highest BCUT2D eigenvalue weighted by atomic mass is 35.5. The Balaban J connectivity index is 1.66. The minimum Gasteiger partial charge on any atom is -0.462 e. The number of rotatable bonds is 8. The van der Waals surface area contributed by atoms with Crippen molar-refractivity contribution in [3.8, 4) is 0 Å². The largest absolute Gasteiger partial charge is 0.462 e. The molecule has 0 bridgehead atoms. The highest BCUT2D eigenvalue weighted by Crippen LogP contribution is 2.33. The van der Waals surface area contributed by atoms with Gasteiger partial charge in [-0.15, -0.1) is 0 Å². The van der Waals surface area contributed by atoms with Crippen LogP contribution in [0.4, 0.5) is 10.5 Å². The maximum atomic E-state index is 12.6. The molecule has 0 aliphatic carbocycles. The third kappa shape index (κ3) is 6.37. The van der Waals surface area contributed by atoms with Gasteiger partial charge in [-0.2, -0.15) is 0 Å². The van der Waals surface area contributed by atoms with E-state index in [1.165, 1.54) is 24.3 Å². The Morgan fingerprint density at radius 1 is 1.12 bits per heavy atom. The summed E-state index contributed by atoms with van der Waals surface area (Å²) in [4.78, 5) is 50.7. The number of carbonyl (C=O) groups is 4. The predicted octanol–water partition coefficient (Wildman–Crippen LogP) is 5.63. The molecule has 172 valence electrons. The molecule has 1 heterocycles. The summed E-state index contributed by atoms with van der Waals surface area (Å²) in [6.07, 6.45) is 3.11. The fraction of sp³-hybridized carbons (Fsp3) is 0.217. The van der Waals surface area contributed by atoms with Gasteiger partial charge in [0.15, 0.2) is 0 Å². The number of nitrogens with zero attached hydrogens (tertiary/aromatic N) is 1. The van der Waals surface area contributed by atoms with E-state index < -0.39 is 29.6 Å². The van der Waals surface area contributed by atoms with E-state index in [0.717, 1.165) is 29.5 Å². The van der Waals surface area contributed by atoms with Gasteiger partial charge in [-0.1, -0.05) is 54.7 Å². The van der Waals surface area contributed by atoms with Crippen molar-refractivity contribution in [3.63, 3.8) is 0 Å².